The van der Waals surface area contributed by atoms with Crippen LogP contribution < -0.4 is 10.6 Å². The van der Waals surface area contributed by atoms with Gasteiger partial charge in [-0.05, 0) is 30.0 Å². The van der Waals surface area contributed by atoms with E-state index in [0.717, 1.165) is 23.0 Å². The highest BCUT2D eigenvalue weighted by molar-refractivity contribution is 7.83. The molecule has 1 unspecified atom stereocenters. The normalized spacial score (nSPS) is 17.0. The van der Waals surface area contributed by atoms with E-state index in [0.29, 0.717) is 11.7 Å². The first kappa shape index (κ1) is 27.9. The number of allylic oxidation sites excluding steroid dienone is 2. The van der Waals surface area contributed by atoms with Crippen molar-refractivity contribution in [3.8, 4) is 0 Å². The summed E-state index contributed by atoms with van der Waals surface area (Å²) in [5.74, 6) is -1.05. The fraction of sp³-hybridized carbons (Fsp3) is 0.409. The number of rotatable bonds is 9. The minimum absolute atomic E-state index is 0.0317. The van der Waals surface area contributed by atoms with Crippen LogP contribution in [-0.2, 0) is 28.9 Å². The molecule has 0 spiro atoms. The number of likely N-dealkylation sites (N-methyl/N-ethyl adjacent to an activating group) is 1. The van der Waals surface area contributed by atoms with Crippen LogP contribution in [0.2, 0.25) is 0 Å². The van der Waals surface area contributed by atoms with E-state index in [2.05, 4.69) is 39.9 Å². The number of halogens is 3. The van der Waals surface area contributed by atoms with Gasteiger partial charge in [-0.3, -0.25) is 4.79 Å². The lowest BCUT2D eigenvalue weighted by atomic mass is 10.1. The number of aliphatic hydroxyl groups is 1. The number of furan rings is 1. The van der Waals surface area contributed by atoms with Gasteiger partial charge in [-0.15, -0.1) is 8.80 Å². The Hall–Kier alpha value is -3.35. The first-order chi connectivity index (χ1) is 16.3. The summed E-state index contributed by atoms with van der Waals surface area (Å²) in [6.07, 6.45) is -1.61. The van der Waals surface area contributed by atoms with Gasteiger partial charge in [0, 0.05) is 14.1 Å². The fourth-order valence-electron chi connectivity index (χ4n) is 3.05. The molecule has 192 valence electrons. The number of carbonyl (C=O) groups is 1. The maximum Gasteiger partial charge on any atom is 0.393 e. The van der Waals surface area contributed by atoms with E-state index in [-0.39, 0.29) is 23.9 Å². The van der Waals surface area contributed by atoms with Gasteiger partial charge in [-0.2, -0.15) is 13.2 Å². The Morgan fingerprint density at radius 3 is 2.54 bits per heavy atom. The Morgan fingerprint density at radius 1 is 1.31 bits per heavy atom. The molecule has 9 nitrogen and oxygen atoms in total. The Balaban J connectivity index is 2.27. The average molecular weight is 516 g/mol. The van der Waals surface area contributed by atoms with Gasteiger partial charge in [0.15, 0.2) is 11.7 Å². The highest BCUT2D eigenvalue weighted by Crippen LogP contribution is 2.28. The first-order valence-corrected chi connectivity index (χ1v) is 11.6. The van der Waals surface area contributed by atoms with Crippen molar-refractivity contribution in [1.29, 1.82) is 0 Å². The first-order valence-electron chi connectivity index (χ1n) is 10.5. The van der Waals surface area contributed by atoms with E-state index in [4.69, 9.17) is 4.42 Å². The molecule has 0 aliphatic carbocycles. The molecule has 35 heavy (non-hydrogen) atoms. The molecule has 1 atom stereocenters. The number of alkyl halides is 3. The third-order valence-electron chi connectivity index (χ3n) is 4.47. The van der Waals surface area contributed by atoms with Crippen molar-refractivity contribution < 1.29 is 31.7 Å². The second kappa shape index (κ2) is 11.9. The lowest BCUT2D eigenvalue weighted by Crippen LogP contribution is -2.38. The zero-order chi connectivity index (χ0) is 26.3. The van der Waals surface area contributed by atoms with E-state index in [1.165, 1.54) is 20.2 Å². The molecule has 0 saturated heterocycles. The van der Waals surface area contributed by atoms with Gasteiger partial charge in [0.25, 0.3) is 17.1 Å². The van der Waals surface area contributed by atoms with E-state index in [1.807, 2.05) is 6.07 Å². The van der Waals surface area contributed by atoms with Crippen molar-refractivity contribution in [3.63, 3.8) is 0 Å². The third-order valence-corrected chi connectivity index (χ3v) is 5.14. The Morgan fingerprint density at radius 2 is 1.97 bits per heavy atom. The predicted molar refractivity (Wildman–Crippen MR) is 128 cm³/mol. The summed E-state index contributed by atoms with van der Waals surface area (Å²) in [4.78, 5) is 13.3. The Labute approximate surface area is 203 Å². The minimum atomic E-state index is -4.76. The lowest BCUT2D eigenvalue weighted by Gasteiger charge is -2.19. The Bertz CT molecular complexity index is 1100. The minimum Gasteiger partial charge on any atom is -0.505 e. The molecule has 1 aliphatic rings. The summed E-state index contributed by atoms with van der Waals surface area (Å²) in [5, 5.41) is 16.1. The second-order valence-electron chi connectivity index (χ2n) is 8.24. The zero-order valence-corrected chi connectivity index (χ0v) is 20.6. The van der Waals surface area contributed by atoms with Crippen LogP contribution in [0.4, 0.5) is 13.2 Å². The van der Waals surface area contributed by atoms with Crippen molar-refractivity contribution in [2.75, 3.05) is 14.1 Å². The standard InChI is InChI=1S/C22H28F3N5O4S/c1-6-7-17(18(31)16(10-22(23,24)25)21(32)30(4)5)27-20-19(28-35(33)29-20)26-11-15-9-14(12-34-15)8-13(2)3/h6-7,9,12-13,31H,1,8,10-11H2,2-5H3,(H,26,28)(H,27,29)/b17-7+,18-16-. The van der Waals surface area contributed by atoms with Crippen LogP contribution in [-0.4, -0.2) is 52.1 Å². The molecule has 1 aromatic heterocycles. The summed E-state index contributed by atoms with van der Waals surface area (Å²) in [6, 6.07) is 1.86. The van der Waals surface area contributed by atoms with Crippen molar-refractivity contribution in [2.24, 2.45) is 14.7 Å². The van der Waals surface area contributed by atoms with Gasteiger partial charge < -0.3 is 25.1 Å². The fourth-order valence-corrected chi connectivity index (χ4v) is 3.68. The van der Waals surface area contributed by atoms with Gasteiger partial charge in [0.2, 0.25) is 0 Å². The van der Waals surface area contributed by atoms with Crippen molar-refractivity contribution in [2.45, 2.75) is 39.4 Å². The third kappa shape index (κ3) is 8.42. The van der Waals surface area contributed by atoms with E-state index < -0.39 is 41.0 Å². The van der Waals surface area contributed by atoms with E-state index >= 15 is 0 Å². The molecule has 0 aromatic carbocycles. The van der Waals surface area contributed by atoms with Gasteiger partial charge in [0.05, 0.1) is 30.5 Å². The summed E-state index contributed by atoms with van der Waals surface area (Å²) < 4.78 is 64.4. The molecule has 2 heterocycles. The molecular weight excluding hydrogens is 487 g/mol. The predicted octanol–water partition coefficient (Wildman–Crippen LogP) is 3.47. The SMILES string of the molecule is C=C/C=C(NC1=NS(=O)N=C1NCc1cc(CC(C)C)co1)\C(O)=C(/CC(F)(F)F)C(=O)N(C)C. The number of hydrogen-bond acceptors (Lipinski definition) is 6. The molecule has 1 aromatic rings. The molecule has 2 rings (SSSR count). The monoisotopic (exact) mass is 515 g/mol. The van der Waals surface area contributed by atoms with Crippen LogP contribution >= 0.6 is 0 Å². The number of nitrogens with one attached hydrogen (secondary N) is 2. The summed E-state index contributed by atoms with van der Waals surface area (Å²) in [5.41, 5.74) is -0.184. The van der Waals surface area contributed by atoms with Crippen LogP contribution in [0.5, 0.6) is 0 Å². The molecule has 0 bridgehead atoms. The van der Waals surface area contributed by atoms with E-state index in [1.54, 1.807) is 6.26 Å². The Kier molecular flexibility index (Phi) is 9.46. The molecule has 13 heteroatoms. The van der Waals surface area contributed by atoms with Crippen molar-refractivity contribution in [1.82, 2.24) is 15.5 Å². The number of aliphatic hydroxyl groups excluding tert-OH is 1. The molecule has 3 N–H and O–H groups in total. The average Bonchev–Trinajstić information content (AvgIpc) is 3.33. The number of amidine groups is 2. The maximum atomic E-state index is 13.1. The van der Waals surface area contributed by atoms with E-state index in [9.17, 15) is 27.3 Å². The highest BCUT2D eigenvalue weighted by atomic mass is 32.2. The smallest absolute Gasteiger partial charge is 0.393 e. The molecule has 1 amide bonds. The number of carbonyl (C=O) groups excluding carboxylic acids is 1. The second-order valence-corrected chi connectivity index (χ2v) is 9.07. The van der Waals surface area contributed by atoms with Gasteiger partial charge in [-0.1, -0.05) is 26.5 Å². The number of amides is 1. The molecular formula is C22H28F3N5O4S. The van der Waals surface area contributed by atoms with Crippen LogP contribution in [0, 0.1) is 5.92 Å². The lowest BCUT2D eigenvalue weighted by molar-refractivity contribution is -0.138. The highest BCUT2D eigenvalue weighted by Gasteiger charge is 2.35. The van der Waals surface area contributed by atoms with Crippen LogP contribution in [0.25, 0.3) is 0 Å². The van der Waals surface area contributed by atoms with Gasteiger partial charge in [-0.25, -0.2) is 4.21 Å². The topological polar surface area (TPSA) is 120 Å². The van der Waals surface area contributed by atoms with Gasteiger partial charge in [0.1, 0.15) is 11.5 Å². The van der Waals surface area contributed by atoms with Crippen molar-refractivity contribution >= 4 is 28.8 Å². The summed E-state index contributed by atoms with van der Waals surface area (Å²) in [6.45, 7) is 7.79. The number of nitrogens with zero attached hydrogens (tertiary/aromatic N) is 3. The zero-order valence-electron chi connectivity index (χ0n) is 19.8. The van der Waals surface area contributed by atoms with Crippen LogP contribution in [0.1, 0.15) is 31.6 Å². The molecule has 0 radical (unpaired) electrons. The molecule has 1 aliphatic heterocycles. The molecule has 0 saturated carbocycles. The summed E-state index contributed by atoms with van der Waals surface area (Å²) >= 11 is -2.01. The largest absolute Gasteiger partial charge is 0.505 e. The summed E-state index contributed by atoms with van der Waals surface area (Å²) in [7, 11) is 2.52. The van der Waals surface area contributed by atoms with Crippen molar-refractivity contribution in [3.05, 3.63) is 59.4 Å². The quantitative estimate of drug-likeness (QED) is 0.263. The van der Waals surface area contributed by atoms with Gasteiger partial charge >= 0.3 is 6.18 Å². The molecule has 0 fully saturated rings. The maximum absolute atomic E-state index is 13.1. The van der Waals surface area contributed by atoms with Crippen LogP contribution in [0.3, 0.4) is 0 Å². The number of hydrogen-bond donors (Lipinski definition) is 3. The van der Waals surface area contributed by atoms with Crippen LogP contribution in [0.15, 0.2) is 61.3 Å².